The van der Waals surface area contributed by atoms with E-state index in [1.54, 1.807) is 17.6 Å². The molecule has 0 bridgehead atoms. The largest absolute Gasteiger partial charge is 0.464 e. The average Bonchev–Trinajstić information content (AvgIpc) is 2.94. The fourth-order valence-corrected chi connectivity index (χ4v) is 2.49. The SMILES string of the molecule is CNc1csc(-c2coc3ccccc23)n1. The van der Waals surface area contributed by atoms with Crippen molar-refractivity contribution in [2.24, 2.45) is 0 Å². The number of rotatable bonds is 2. The Bertz CT molecular complexity index is 627. The summed E-state index contributed by atoms with van der Waals surface area (Å²) in [4.78, 5) is 4.47. The van der Waals surface area contributed by atoms with Crippen LogP contribution in [0.4, 0.5) is 5.82 Å². The summed E-state index contributed by atoms with van der Waals surface area (Å²) >= 11 is 1.61. The van der Waals surface area contributed by atoms with E-state index in [1.165, 1.54) is 0 Å². The van der Waals surface area contributed by atoms with E-state index in [0.29, 0.717) is 0 Å². The second kappa shape index (κ2) is 3.64. The van der Waals surface area contributed by atoms with Crippen molar-refractivity contribution in [1.82, 2.24) is 4.98 Å². The molecule has 0 saturated heterocycles. The van der Waals surface area contributed by atoms with Crippen molar-refractivity contribution in [3.63, 3.8) is 0 Å². The molecule has 80 valence electrons. The third-order valence-corrected chi connectivity index (χ3v) is 3.35. The fourth-order valence-electron chi connectivity index (χ4n) is 1.66. The zero-order valence-electron chi connectivity index (χ0n) is 8.73. The van der Waals surface area contributed by atoms with Crippen molar-refractivity contribution in [2.75, 3.05) is 12.4 Å². The van der Waals surface area contributed by atoms with Crippen molar-refractivity contribution in [1.29, 1.82) is 0 Å². The molecule has 1 N–H and O–H groups in total. The molecule has 3 nitrogen and oxygen atoms in total. The van der Waals surface area contributed by atoms with E-state index in [9.17, 15) is 0 Å². The molecule has 0 radical (unpaired) electrons. The summed E-state index contributed by atoms with van der Waals surface area (Å²) in [6, 6.07) is 7.99. The van der Waals surface area contributed by atoms with Gasteiger partial charge in [-0.2, -0.15) is 0 Å². The third-order valence-electron chi connectivity index (χ3n) is 2.47. The quantitative estimate of drug-likeness (QED) is 0.731. The van der Waals surface area contributed by atoms with Crippen molar-refractivity contribution in [3.8, 4) is 10.6 Å². The molecule has 0 fully saturated rings. The van der Waals surface area contributed by atoms with Crippen LogP contribution in [0.1, 0.15) is 0 Å². The maximum atomic E-state index is 5.49. The van der Waals surface area contributed by atoms with Crippen LogP contribution in [-0.2, 0) is 0 Å². The summed E-state index contributed by atoms with van der Waals surface area (Å²) in [7, 11) is 1.87. The first-order chi connectivity index (χ1) is 7.88. The molecular weight excluding hydrogens is 220 g/mol. The molecule has 0 saturated carbocycles. The summed E-state index contributed by atoms with van der Waals surface area (Å²) in [5.74, 6) is 0.894. The lowest BCUT2D eigenvalue weighted by Crippen LogP contribution is -1.86. The monoisotopic (exact) mass is 230 g/mol. The lowest BCUT2D eigenvalue weighted by molar-refractivity contribution is 0.617. The van der Waals surface area contributed by atoms with Crippen LogP contribution in [0.5, 0.6) is 0 Å². The van der Waals surface area contributed by atoms with Gasteiger partial charge in [0, 0.05) is 17.8 Å². The highest BCUT2D eigenvalue weighted by atomic mass is 32.1. The van der Waals surface area contributed by atoms with Crippen LogP contribution in [0.25, 0.3) is 21.5 Å². The Morgan fingerprint density at radius 2 is 2.19 bits per heavy atom. The highest BCUT2D eigenvalue weighted by Gasteiger charge is 2.10. The second-order valence-electron chi connectivity index (χ2n) is 3.43. The summed E-state index contributed by atoms with van der Waals surface area (Å²) in [6.45, 7) is 0. The number of para-hydroxylation sites is 1. The van der Waals surface area contributed by atoms with Crippen LogP contribution in [0.2, 0.25) is 0 Å². The second-order valence-corrected chi connectivity index (χ2v) is 4.29. The highest BCUT2D eigenvalue weighted by molar-refractivity contribution is 7.13. The van der Waals surface area contributed by atoms with Gasteiger partial charge in [-0.1, -0.05) is 18.2 Å². The molecule has 16 heavy (non-hydrogen) atoms. The molecule has 0 amide bonds. The number of thiazole rings is 1. The standard InChI is InChI=1S/C12H10N2OS/c1-13-11-7-16-12(14-11)9-6-15-10-5-3-2-4-8(9)10/h2-7,13H,1H3. The van der Waals surface area contributed by atoms with Gasteiger partial charge < -0.3 is 9.73 Å². The van der Waals surface area contributed by atoms with Gasteiger partial charge in [0.15, 0.2) is 0 Å². The normalized spacial score (nSPS) is 10.8. The molecule has 2 aromatic heterocycles. The van der Waals surface area contributed by atoms with Gasteiger partial charge in [0.1, 0.15) is 22.7 Å². The lowest BCUT2D eigenvalue weighted by atomic mass is 10.2. The molecule has 3 aromatic rings. The number of aromatic nitrogens is 1. The Morgan fingerprint density at radius 1 is 1.31 bits per heavy atom. The summed E-state index contributed by atoms with van der Waals surface area (Å²) < 4.78 is 5.49. The molecular formula is C12H10N2OS. The number of furan rings is 1. The number of anilines is 1. The van der Waals surface area contributed by atoms with E-state index in [4.69, 9.17) is 4.42 Å². The fraction of sp³-hybridized carbons (Fsp3) is 0.0833. The Morgan fingerprint density at radius 3 is 3.00 bits per heavy atom. The van der Waals surface area contributed by atoms with Crippen molar-refractivity contribution in [3.05, 3.63) is 35.9 Å². The van der Waals surface area contributed by atoms with Gasteiger partial charge in [0.2, 0.25) is 0 Å². The minimum Gasteiger partial charge on any atom is -0.464 e. The predicted molar refractivity (Wildman–Crippen MR) is 66.9 cm³/mol. The minimum atomic E-state index is 0.894. The average molecular weight is 230 g/mol. The van der Waals surface area contributed by atoms with E-state index in [1.807, 2.05) is 30.6 Å². The first-order valence-corrected chi connectivity index (χ1v) is 5.86. The maximum Gasteiger partial charge on any atom is 0.137 e. The molecule has 0 aliphatic carbocycles. The van der Waals surface area contributed by atoms with Gasteiger partial charge in [-0.25, -0.2) is 4.98 Å². The Labute approximate surface area is 96.7 Å². The van der Waals surface area contributed by atoms with Gasteiger partial charge >= 0.3 is 0 Å². The van der Waals surface area contributed by atoms with E-state index in [0.717, 1.165) is 27.4 Å². The molecule has 0 aliphatic heterocycles. The molecule has 0 unspecified atom stereocenters. The lowest BCUT2D eigenvalue weighted by Gasteiger charge is -1.92. The van der Waals surface area contributed by atoms with Crippen molar-refractivity contribution < 1.29 is 4.42 Å². The van der Waals surface area contributed by atoms with E-state index >= 15 is 0 Å². The number of fused-ring (bicyclic) bond motifs is 1. The molecule has 3 rings (SSSR count). The minimum absolute atomic E-state index is 0.894. The summed E-state index contributed by atoms with van der Waals surface area (Å²) in [5, 5.41) is 7.11. The van der Waals surface area contributed by atoms with E-state index < -0.39 is 0 Å². The van der Waals surface area contributed by atoms with Crippen LogP contribution in [0, 0.1) is 0 Å². The number of hydrogen-bond acceptors (Lipinski definition) is 4. The van der Waals surface area contributed by atoms with Gasteiger partial charge in [-0.05, 0) is 6.07 Å². The molecule has 2 heterocycles. The van der Waals surface area contributed by atoms with Gasteiger partial charge in [0.25, 0.3) is 0 Å². The van der Waals surface area contributed by atoms with Crippen LogP contribution in [0.15, 0.2) is 40.3 Å². The van der Waals surface area contributed by atoms with Crippen LogP contribution < -0.4 is 5.32 Å². The number of hydrogen-bond donors (Lipinski definition) is 1. The van der Waals surface area contributed by atoms with Crippen LogP contribution in [-0.4, -0.2) is 12.0 Å². The van der Waals surface area contributed by atoms with Gasteiger partial charge in [-0.3, -0.25) is 0 Å². The number of benzene rings is 1. The van der Waals surface area contributed by atoms with Gasteiger partial charge in [-0.15, -0.1) is 11.3 Å². The first-order valence-electron chi connectivity index (χ1n) is 4.98. The summed E-state index contributed by atoms with van der Waals surface area (Å²) in [6.07, 6.45) is 1.77. The topological polar surface area (TPSA) is 38.1 Å². The highest BCUT2D eigenvalue weighted by Crippen LogP contribution is 2.33. The van der Waals surface area contributed by atoms with Crippen molar-refractivity contribution in [2.45, 2.75) is 0 Å². The first kappa shape index (κ1) is 9.42. The predicted octanol–water partition coefficient (Wildman–Crippen LogP) is 3.60. The van der Waals surface area contributed by atoms with E-state index in [-0.39, 0.29) is 0 Å². The Hall–Kier alpha value is -1.81. The van der Waals surface area contributed by atoms with Gasteiger partial charge in [0.05, 0.1) is 5.56 Å². The molecule has 1 aromatic carbocycles. The number of nitrogens with zero attached hydrogens (tertiary/aromatic N) is 1. The zero-order chi connectivity index (χ0) is 11.0. The summed E-state index contributed by atoms with van der Waals surface area (Å²) in [5.41, 5.74) is 1.96. The smallest absolute Gasteiger partial charge is 0.137 e. The van der Waals surface area contributed by atoms with E-state index in [2.05, 4.69) is 16.4 Å². The molecule has 0 atom stereocenters. The Kier molecular flexibility index (Phi) is 2.15. The molecule has 0 aliphatic rings. The third kappa shape index (κ3) is 1.39. The maximum absolute atomic E-state index is 5.49. The zero-order valence-corrected chi connectivity index (χ0v) is 9.54. The molecule has 4 heteroatoms. The Balaban J connectivity index is 2.18. The van der Waals surface area contributed by atoms with Crippen LogP contribution >= 0.6 is 11.3 Å². The molecule has 0 spiro atoms. The van der Waals surface area contributed by atoms with Crippen LogP contribution in [0.3, 0.4) is 0 Å². The van der Waals surface area contributed by atoms with Crippen molar-refractivity contribution >= 4 is 28.1 Å². The number of nitrogens with one attached hydrogen (secondary N) is 1.